The molecule has 0 aromatic heterocycles. The Labute approximate surface area is 120 Å². The zero-order chi connectivity index (χ0) is 13.8. The summed E-state index contributed by atoms with van der Waals surface area (Å²) in [5.41, 5.74) is 1.04. The van der Waals surface area contributed by atoms with Crippen molar-refractivity contribution < 1.29 is 9.53 Å². The first-order chi connectivity index (χ1) is 9.83. The maximum atomic E-state index is 12.1. The van der Waals surface area contributed by atoms with Gasteiger partial charge in [0.05, 0.1) is 0 Å². The lowest BCUT2D eigenvalue weighted by Gasteiger charge is -2.43. The lowest BCUT2D eigenvalue weighted by atomic mass is 10.0. The molecule has 0 bridgehead atoms. The summed E-state index contributed by atoms with van der Waals surface area (Å²) >= 11 is 0. The van der Waals surface area contributed by atoms with Gasteiger partial charge in [0, 0.05) is 19.1 Å². The molecule has 0 aliphatic carbocycles. The van der Waals surface area contributed by atoms with Gasteiger partial charge in [-0.05, 0) is 37.9 Å². The van der Waals surface area contributed by atoms with Gasteiger partial charge in [-0.15, -0.1) is 0 Å². The van der Waals surface area contributed by atoms with Crippen LogP contribution in [0, 0.1) is 0 Å². The van der Waals surface area contributed by atoms with E-state index >= 15 is 0 Å². The molecule has 0 saturated carbocycles. The normalized spacial score (nSPS) is 23.2. The Bertz CT molecular complexity index is 445. The monoisotopic (exact) mass is 274 g/mol. The number of piperidine rings is 1. The van der Waals surface area contributed by atoms with Crippen LogP contribution in [0.2, 0.25) is 0 Å². The number of ether oxygens (including phenoxy) is 1. The Morgan fingerprint density at radius 2 is 1.95 bits per heavy atom. The Morgan fingerprint density at radius 1 is 1.15 bits per heavy atom. The molecule has 0 spiro atoms. The van der Waals surface area contributed by atoms with Crippen LogP contribution < -0.4 is 0 Å². The topological polar surface area (TPSA) is 32.8 Å². The largest absolute Gasteiger partial charge is 0.445 e. The average molecular weight is 274 g/mol. The second-order valence-corrected chi connectivity index (χ2v) is 5.67. The van der Waals surface area contributed by atoms with E-state index in [1.807, 2.05) is 35.2 Å². The number of carbonyl (C=O) groups excluding carboxylic acids is 1. The van der Waals surface area contributed by atoms with E-state index in [-0.39, 0.29) is 6.09 Å². The number of hydrogen-bond acceptors (Lipinski definition) is 3. The number of nitrogens with zero attached hydrogens (tertiary/aromatic N) is 2. The highest BCUT2D eigenvalue weighted by Crippen LogP contribution is 2.21. The fourth-order valence-corrected chi connectivity index (χ4v) is 2.94. The van der Waals surface area contributed by atoms with Crippen LogP contribution in [0.3, 0.4) is 0 Å². The predicted molar refractivity (Wildman–Crippen MR) is 77.4 cm³/mol. The highest BCUT2D eigenvalue weighted by atomic mass is 16.6. The third kappa shape index (κ3) is 3.12. The Kier molecular flexibility index (Phi) is 4.21. The molecule has 0 N–H and O–H groups in total. The van der Waals surface area contributed by atoms with Gasteiger partial charge in [-0.1, -0.05) is 30.3 Å². The molecule has 1 atom stereocenters. The first-order valence-electron chi connectivity index (χ1n) is 7.52. The summed E-state index contributed by atoms with van der Waals surface area (Å²) in [4.78, 5) is 16.5. The molecular weight excluding hydrogens is 252 g/mol. The Balaban J connectivity index is 1.49. The summed E-state index contributed by atoms with van der Waals surface area (Å²) in [5.74, 6) is 0. The first-order valence-corrected chi connectivity index (χ1v) is 7.52. The van der Waals surface area contributed by atoms with Crippen LogP contribution in [0.25, 0.3) is 0 Å². The fraction of sp³-hybridized carbons (Fsp3) is 0.562. The van der Waals surface area contributed by atoms with E-state index in [1.54, 1.807) is 0 Å². The second-order valence-electron chi connectivity index (χ2n) is 5.67. The number of likely N-dealkylation sites (tertiary alicyclic amines) is 2. The molecule has 2 aliphatic rings. The van der Waals surface area contributed by atoms with Gasteiger partial charge in [-0.25, -0.2) is 4.79 Å². The van der Waals surface area contributed by atoms with Gasteiger partial charge in [0.25, 0.3) is 0 Å². The van der Waals surface area contributed by atoms with E-state index in [0.717, 1.165) is 25.1 Å². The molecule has 1 amide bonds. The van der Waals surface area contributed by atoms with Crippen LogP contribution in [0.4, 0.5) is 4.79 Å². The summed E-state index contributed by atoms with van der Waals surface area (Å²) in [7, 11) is 0. The van der Waals surface area contributed by atoms with E-state index in [1.165, 1.54) is 25.9 Å². The molecule has 2 saturated heterocycles. The smallest absolute Gasteiger partial charge is 0.410 e. The molecule has 3 rings (SSSR count). The molecule has 4 heteroatoms. The lowest BCUT2D eigenvalue weighted by Crippen LogP contribution is -2.54. The van der Waals surface area contributed by atoms with Crippen molar-refractivity contribution in [2.75, 3.05) is 26.2 Å². The predicted octanol–water partition coefficient (Wildman–Crippen LogP) is 2.49. The van der Waals surface area contributed by atoms with E-state index in [0.29, 0.717) is 12.6 Å². The minimum Gasteiger partial charge on any atom is -0.445 e. The third-order valence-electron chi connectivity index (χ3n) is 4.27. The van der Waals surface area contributed by atoms with Gasteiger partial charge in [-0.2, -0.15) is 0 Å². The van der Waals surface area contributed by atoms with Gasteiger partial charge >= 0.3 is 6.09 Å². The average Bonchev–Trinajstić information content (AvgIpc) is 2.44. The molecule has 20 heavy (non-hydrogen) atoms. The van der Waals surface area contributed by atoms with Gasteiger partial charge in [0.1, 0.15) is 6.61 Å². The standard InChI is InChI=1S/C16H22N2O2/c19-16(20-13-14-6-2-1-3-7-14)18-9-4-8-15(12-18)17-10-5-11-17/h1-3,6-7,15H,4-5,8-13H2/t15-/m0/s1. The molecule has 1 aromatic rings. The van der Waals surface area contributed by atoms with Crippen molar-refractivity contribution >= 4 is 6.09 Å². The van der Waals surface area contributed by atoms with E-state index < -0.39 is 0 Å². The lowest BCUT2D eigenvalue weighted by molar-refractivity contribution is 0.0397. The Morgan fingerprint density at radius 3 is 2.65 bits per heavy atom. The minimum atomic E-state index is -0.168. The third-order valence-corrected chi connectivity index (χ3v) is 4.27. The fourth-order valence-electron chi connectivity index (χ4n) is 2.94. The number of benzene rings is 1. The number of carbonyl (C=O) groups is 1. The van der Waals surface area contributed by atoms with Gasteiger partial charge < -0.3 is 9.64 Å². The van der Waals surface area contributed by atoms with E-state index in [4.69, 9.17) is 4.74 Å². The van der Waals surface area contributed by atoms with E-state index in [2.05, 4.69) is 4.90 Å². The van der Waals surface area contributed by atoms with Crippen LogP contribution in [0.5, 0.6) is 0 Å². The maximum absolute atomic E-state index is 12.1. The number of hydrogen-bond donors (Lipinski definition) is 0. The van der Waals surface area contributed by atoms with Gasteiger partial charge in [0.2, 0.25) is 0 Å². The van der Waals surface area contributed by atoms with Crippen molar-refractivity contribution in [3.63, 3.8) is 0 Å². The zero-order valence-electron chi connectivity index (χ0n) is 11.8. The summed E-state index contributed by atoms with van der Waals surface area (Å²) in [5, 5.41) is 0. The summed E-state index contributed by atoms with van der Waals surface area (Å²) in [6.45, 7) is 4.41. The highest BCUT2D eigenvalue weighted by Gasteiger charge is 2.30. The van der Waals surface area contributed by atoms with Crippen LogP contribution in [0.1, 0.15) is 24.8 Å². The quantitative estimate of drug-likeness (QED) is 0.849. The van der Waals surface area contributed by atoms with Crippen molar-refractivity contribution in [3.05, 3.63) is 35.9 Å². The van der Waals surface area contributed by atoms with Crippen LogP contribution in [-0.2, 0) is 11.3 Å². The molecule has 2 fully saturated rings. The van der Waals surface area contributed by atoms with Crippen LogP contribution >= 0.6 is 0 Å². The first kappa shape index (κ1) is 13.4. The zero-order valence-corrected chi connectivity index (χ0v) is 11.8. The second kappa shape index (κ2) is 6.27. The van der Waals surface area contributed by atoms with Crippen molar-refractivity contribution in [1.82, 2.24) is 9.80 Å². The van der Waals surface area contributed by atoms with Crippen molar-refractivity contribution in [3.8, 4) is 0 Å². The highest BCUT2D eigenvalue weighted by molar-refractivity contribution is 5.67. The molecule has 2 heterocycles. The van der Waals surface area contributed by atoms with Crippen molar-refractivity contribution in [2.24, 2.45) is 0 Å². The SMILES string of the molecule is O=C(OCc1ccccc1)N1CCC[C@H](N2CCC2)C1. The maximum Gasteiger partial charge on any atom is 0.410 e. The summed E-state index contributed by atoms with van der Waals surface area (Å²) in [6, 6.07) is 10.4. The minimum absolute atomic E-state index is 0.168. The molecule has 0 radical (unpaired) electrons. The summed E-state index contributed by atoms with van der Waals surface area (Å²) < 4.78 is 5.42. The molecule has 4 nitrogen and oxygen atoms in total. The van der Waals surface area contributed by atoms with Crippen molar-refractivity contribution in [2.45, 2.75) is 31.9 Å². The molecule has 0 unspecified atom stereocenters. The molecule has 2 aliphatic heterocycles. The van der Waals surface area contributed by atoms with Gasteiger partial charge in [-0.3, -0.25) is 4.90 Å². The molecule has 108 valence electrons. The van der Waals surface area contributed by atoms with Crippen molar-refractivity contribution in [1.29, 1.82) is 0 Å². The molecule has 1 aromatic carbocycles. The summed E-state index contributed by atoms with van der Waals surface area (Å²) in [6.07, 6.45) is 3.43. The number of amides is 1. The number of rotatable bonds is 3. The van der Waals surface area contributed by atoms with Crippen LogP contribution in [-0.4, -0.2) is 48.1 Å². The van der Waals surface area contributed by atoms with Gasteiger partial charge in [0.15, 0.2) is 0 Å². The van der Waals surface area contributed by atoms with Crippen LogP contribution in [0.15, 0.2) is 30.3 Å². The van der Waals surface area contributed by atoms with E-state index in [9.17, 15) is 4.79 Å². The molecular formula is C16H22N2O2. The Hall–Kier alpha value is -1.55.